The van der Waals surface area contributed by atoms with Crippen LogP contribution in [0.3, 0.4) is 0 Å². The molecule has 0 N–H and O–H groups in total. The van der Waals surface area contributed by atoms with Gasteiger partial charge in [-0.3, -0.25) is 15.0 Å². The third-order valence-electron chi connectivity index (χ3n) is 4.25. The van der Waals surface area contributed by atoms with Crippen molar-refractivity contribution in [1.29, 1.82) is 0 Å². The van der Waals surface area contributed by atoms with Gasteiger partial charge in [-0.25, -0.2) is 4.68 Å². The highest BCUT2D eigenvalue weighted by atomic mass is 32.1. The monoisotopic (exact) mass is 306 g/mol. The molecule has 0 aromatic carbocycles. The second-order valence-electron chi connectivity index (χ2n) is 5.45. The van der Waals surface area contributed by atoms with E-state index in [1.165, 1.54) is 10.4 Å². The van der Waals surface area contributed by atoms with Crippen molar-refractivity contribution in [1.82, 2.24) is 14.7 Å². The maximum Gasteiger partial charge on any atom is 0.312 e. The standard InChI is InChI=1S/C14H18N4O2S/c1-9-14(18(19)20)11(3)17(15-9)8-16-6-4-13-12(10(16)2)5-7-21-13/h5,7,10H,4,6,8H2,1-3H3/t10-/m0/s1. The molecule has 112 valence electrons. The van der Waals surface area contributed by atoms with Gasteiger partial charge in [0.15, 0.2) is 0 Å². The summed E-state index contributed by atoms with van der Waals surface area (Å²) in [7, 11) is 0. The molecule has 0 bridgehead atoms. The summed E-state index contributed by atoms with van der Waals surface area (Å²) in [5.41, 5.74) is 2.62. The third kappa shape index (κ3) is 2.36. The van der Waals surface area contributed by atoms with Crippen LogP contribution in [0.5, 0.6) is 0 Å². The SMILES string of the molecule is Cc1nn(CN2CCc3sccc3[C@@H]2C)c(C)c1[N+](=O)[O-]. The minimum Gasteiger partial charge on any atom is -0.277 e. The van der Waals surface area contributed by atoms with Crippen LogP contribution in [0.25, 0.3) is 0 Å². The van der Waals surface area contributed by atoms with Crippen LogP contribution < -0.4 is 0 Å². The van der Waals surface area contributed by atoms with Gasteiger partial charge in [0.1, 0.15) is 11.4 Å². The van der Waals surface area contributed by atoms with Crippen LogP contribution in [-0.2, 0) is 13.1 Å². The molecule has 3 rings (SSSR count). The predicted molar refractivity (Wildman–Crippen MR) is 81.5 cm³/mol. The smallest absolute Gasteiger partial charge is 0.277 e. The highest BCUT2D eigenvalue weighted by Gasteiger charge is 2.27. The zero-order valence-electron chi connectivity index (χ0n) is 12.4. The second-order valence-corrected chi connectivity index (χ2v) is 6.46. The van der Waals surface area contributed by atoms with Crippen LogP contribution in [0.15, 0.2) is 11.4 Å². The van der Waals surface area contributed by atoms with E-state index in [1.54, 1.807) is 18.5 Å². The summed E-state index contributed by atoms with van der Waals surface area (Å²) in [5, 5.41) is 17.6. The van der Waals surface area contributed by atoms with E-state index in [2.05, 4.69) is 28.4 Å². The Morgan fingerprint density at radius 1 is 1.52 bits per heavy atom. The summed E-state index contributed by atoms with van der Waals surface area (Å²) in [6.45, 7) is 7.20. The number of thiophene rings is 1. The number of aryl methyl sites for hydroxylation is 1. The molecule has 6 nitrogen and oxygen atoms in total. The molecule has 0 aliphatic carbocycles. The fourth-order valence-electron chi connectivity index (χ4n) is 3.02. The summed E-state index contributed by atoms with van der Waals surface area (Å²) in [4.78, 5) is 14.5. The zero-order valence-corrected chi connectivity index (χ0v) is 13.2. The maximum absolute atomic E-state index is 11.1. The molecule has 21 heavy (non-hydrogen) atoms. The van der Waals surface area contributed by atoms with Crippen LogP contribution in [0.1, 0.15) is 34.8 Å². The lowest BCUT2D eigenvalue weighted by atomic mass is 10.0. The molecule has 3 heterocycles. The molecule has 1 aliphatic rings. The Morgan fingerprint density at radius 2 is 2.29 bits per heavy atom. The molecule has 7 heteroatoms. The van der Waals surface area contributed by atoms with Crippen molar-refractivity contribution in [2.75, 3.05) is 6.54 Å². The summed E-state index contributed by atoms with van der Waals surface area (Å²) in [6.07, 6.45) is 1.04. The van der Waals surface area contributed by atoms with Crippen molar-refractivity contribution in [3.63, 3.8) is 0 Å². The summed E-state index contributed by atoms with van der Waals surface area (Å²) in [5.74, 6) is 0. The minimum atomic E-state index is -0.342. The van der Waals surface area contributed by atoms with Gasteiger partial charge in [-0.2, -0.15) is 5.10 Å². The Labute approximate surface area is 127 Å². The molecule has 0 saturated heterocycles. The molecular formula is C14H18N4O2S. The number of rotatable bonds is 3. The summed E-state index contributed by atoms with van der Waals surface area (Å²) >= 11 is 1.81. The lowest BCUT2D eigenvalue weighted by Gasteiger charge is -2.33. The average Bonchev–Trinajstić information content (AvgIpc) is 2.99. The predicted octanol–water partition coefficient (Wildman–Crippen LogP) is 3.05. The number of nitrogens with zero attached hydrogens (tertiary/aromatic N) is 4. The van der Waals surface area contributed by atoms with E-state index in [0.29, 0.717) is 24.1 Å². The topological polar surface area (TPSA) is 64.2 Å². The third-order valence-corrected chi connectivity index (χ3v) is 5.24. The van der Waals surface area contributed by atoms with Crippen molar-refractivity contribution in [2.45, 2.75) is 39.9 Å². The Morgan fingerprint density at radius 3 is 2.95 bits per heavy atom. The van der Waals surface area contributed by atoms with Crippen molar-refractivity contribution in [3.8, 4) is 0 Å². The molecule has 0 saturated carbocycles. The molecule has 0 spiro atoms. The van der Waals surface area contributed by atoms with Gasteiger partial charge in [-0.15, -0.1) is 11.3 Å². The molecule has 2 aromatic heterocycles. The first-order chi connectivity index (χ1) is 9.99. The Balaban J connectivity index is 1.85. The molecule has 1 atom stereocenters. The van der Waals surface area contributed by atoms with Crippen molar-refractivity contribution < 1.29 is 4.92 Å². The number of hydrogen-bond donors (Lipinski definition) is 0. The van der Waals surface area contributed by atoms with Crippen LogP contribution in [0, 0.1) is 24.0 Å². The molecular weight excluding hydrogens is 288 g/mol. The molecule has 0 amide bonds. The maximum atomic E-state index is 11.1. The van der Waals surface area contributed by atoms with Crippen LogP contribution >= 0.6 is 11.3 Å². The van der Waals surface area contributed by atoms with Crippen LogP contribution in [-0.4, -0.2) is 26.1 Å². The molecule has 0 radical (unpaired) electrons. The fourth-order valence-corrected chi connectivity index (χ4v) is 3.98. The zero-order chi connectivity index (χ0) is 15.1. The minimum absolute atomic E-state index is 0.135. The van der Waals surface area contributed by atoms with Crippen LogP contribution in [0.2, 0.25) is 0 Å². The molecule has 1 aliphatic heterocycles. The first kappa shape index (κ1) is 14.2. The van der Waals surface area contributed by atoms with E-state index in [-0.39, 0.29) is 10.6 Å². The Hall–Kier alpha value is -1.73. The average molecular weight is 306 g/mol. The van der Waals surface area contributed by atoms with Gasteiger partial charge in [-0.1, -0.05) is 0 Å². The van der Waals surface area contributed by atoms with Crippen molar-refractivity contribution in [2.24, 2.45) is 0 Å². The normalized spacial score (nSPS) is 18.7. The van der Waals surface area contributed by atoms with E-state index in [1.807, 2.05) is 11.3 Å². The number of aromatic nitrogens is 2. The lowest BCUT2D eigenvalue weighted by Crippen LogP contribution is -2.35. The number of fused-ring (bicyclic) bond motifs is 1. The van der Waals surface area contributed by atoms with E-state index in [0.717, 1.165) is 13.0 Å². The van der Waals surface area contributed by atoms with Gasteiger partial charge >= 0.3 is 5.69 Å². The van der Waals surface area contributed by atoms with Gasteiger partial charge in [0.05, 0.1) is 11.6 Å². The van der Waals surface area contributed by atoms with E-state index >= 15 is 0 Å². The molecule has 2 aromatic rings. The van der Waals surface area contributed by atoms with Crippen molar-refractivity contribution in [3.05, 3.63) is 43.4 Å². The van der Waals surface area contributed by atoms with Crippen LogP contribution in [0.4, 0.5) is 5.69 Å². The van der Waals surface area contributed by atoms with Gasteiger partial charge in [0.25, 0.3) is 0 Å². The first-order valence-electron chi connectivity index (χ1n) is 6.97. The quantitative estimate of drug-likeness (QED) is 0.646. The van der Waals surface area contributed by atoms with Gasteiger partial charge in [0, 0.05) is 17.5 Å². The number of hydrogen-bond acceptors (Lipinski definition) is 5. The Bertz CT molecular complexity index is 691. The summed E-state index contributed by atoms with van der Waals surface area (Å²) < 4.78 is 1.75. The molecule has 0 fully saturated rings. The highest BCUT2D eigenvalue weighted by Crippen LogP contribution is 2.33. The highest BCUT2D eigenvalue weighted by molar-refractivity contribution is 7.10. The largest absolute Gasteiger partial charge is 0.312 e. The fraction of sp³-hybridized carbons (Fsp3) is 0.500. The first-order valence-corrected chi connectivity index (χ1v) is 7.85. The van der Waals surface area contributed by atoms with Gasteiger partial charge < -0.3 is 0 Å². The molecule has 0 unspecified atom stereocenters. The van der Waals surface area contributed by atoms with E-state index in [9.17, 15) is 10.1 Å². The summed E-state index contributed by atoms with van der Waals surface area (Å²) in [6, 6.07) is 2.50. The lowest BCUT2D eigenvalue weighted by molar-refractivity contribution is -0.386. The van der Waals surface area contributed by atoms with Crippen molar-refractivity contribution >= 4 is 17.0 Å². The van der Waals surface area contributed by atoms with Gasteiger partial charge in [-0.05, 0) is 44.2 Å². The Kier molecular flexibility index (Phi) is 3.54. The van der Waals surface area contributed by atoms with Gasteiger partial charge in [0.2, 0.25) is 0 Å². The van der Waals surface area contributed by atoms with E-state index in [4.69, 9.17) is 0 Å². The van der Waals surface area contributed by atoms with E-state index < -0.39 is 0 Å². The number of nitro groups is 1. The second kappa shape index (κ2) is 5.23.